The summed E-state index contributed by atoms with van der Waals surface area (Å²) in [7, 11) is 0. The van der Waals surface area contributed by atoms with Crippen LogP contribution in [0, 0.1) is 6.92 Å². The Labute approximate surface area is 156 Å². The van der Waals surface area contributed by atoms with E-state index in [4.69, 9.17) is 0 Å². The molecule has 2 aromatic rings. The first-order chi connectivity index (χ1) is 12.6. The quantitative estimate of drug-likeness (QED) is 0.496. The van der Waals surface area contributed by atoms with Gasteiger partial charge < -0.3 is 10.0 Å². The number of hydrogen-bond donors (Lipinski definition) is 1. The Hall–Kier alpha value is -2.40. The molecule has 134 valence electrons. The lowest BCUT2D eigenvalue weighted by Crippen LogP contribution is -2.37. The third kappa shape index (κ3) is 2.67. The van der Waals surface area contributed by atoms with E-state index in [1.54, 1.807) is 17.0 Å². The van der Waals surface area contributed by atoms with Gasteiger partial charge in [-0.05, 0) is 36.8 Å². The summed E-state index contributed by atoms with van der Waals surface area (Å²) in [6, 6.07) is 10.6. The predicted molar refractivity (Wildman–Crippen MR) is 102 cm³/mol. The van der Waals surface area contributed by atoms with Crippen LogP contribution in [0.1, 0.15) is 47.7 Å². The van der Waals surface area contributed by atoms with Crippen molar-refractivity contribution in [3.63, 3.8) is 0 Å². The molecule has 1 atom stereocenters. The fourth-order valence-corrected chi connectivity index (χ4v) is 5.12. The van der Waals surface area contributed by atoms with Gasteiger partial charge in [-0.15, -0.1) is 11.3 Å². The molecule has 4 nitrogen and oxygen atoms in total. The van der Waals surface area contributed by atoms with Gasteiger partial charge in [0.15, 0.2) is 0 Å². The van der Waals surface area contributed by atoms with Crippen LogP contribution in [0.15, 0.2) is 47.4 Å². The van der Waals surface area contributed by atoms with Gasteiger partial charge >= 0.3 is 0 Å². The minimum absolute atomic E-state index is 0.0685. The number of ketones is 1. The highest BCUT2D eigenvalue weighted by molar-refractivity contribution is 7.10. The van der Waals surface area contributed by atoms with Crippen LogP contribution >= 0.6 is 11.3 Å². The standard InChI is InChI=1S/C21H21NO3S/c1-13-11-12-26-20(13)17-16(18(23)14-7-3-2-4-8-14)19(24)21(25)22(17)15-9-5-6-10-15/h2-4,7-8,11-12,15,17,23H,5-6,9-10H2,1H3/b18-16-. The molecular formula is C21H21NO3S. The second kappa shape index (κ2) is 6.72. The summed E-state index contributed by atoms with van der Waals surface area (Å²) in [5.74, 6) is -1.13. The molecule has 1 N–H and O–H groups in total. The van der Waals surface area contributed by atoms with Gasteiger partial charge in [0.2, 0.25) is 0 Å². The molecule has 1 aliphatic heterocycles. The highest BCUT2D eigenvalue weighted by Crippen LogP contribution is 2.45. The average Bonchev–Trinajstić information content (AvgIpc) is 3.37. The second-order valence-electron chi connectivity index (χ2n) is 6.98. The number of nitrogens with zero attached hydrogens (tertiary/aromatic N) is 1. The molecule has 0 spiro atoms. The van der Waals surface area contributed by atoms with Crippen molar-refractivity contribution in [2.24, 2.45) is 0 Å². The number of hydrogen-bond acceptors (Lipinski definition) is 4. The predicted octanol–water partition coefficient (Wildman–Crippen LogP) is 4.42. The Kier molecular flexibility index (Phi) is 4.41. The third-order valence-corrected chi connectivity index (χ3v) is 6.47. The van der Waals surface area contributed by atoms with Gasteiger partial charge in [0.05, 0.1) is 5.57 Å². The van der Waals surface area contributed by atoms with E-state index in [-0.39, 0.29) is 17.4 Å². The molecule has 1 saturated heterocycles. The minimum Gasteiger partial charge on any atom is -0.507 e. The SMILES string of the molecule is Cc1ccsc1C1/C(=C(/O)c2ccccc2)C(=O)C(=O)N1C1CCCC1. The highest BCUT2D eigenvalue weighted by atomic mass is 32.1. The number of aryl methyl sites for hydroxylation is 1. The summed E-state index contributed by atoms with van der Waals surface area (Å²) >= 11 is 1.54. The number of amides is 1. The van der Waals surface area contributed by atoms with E-state index in [0.29, 0.717) is 5.56 Å². The number of carbonyl (C=O) groups is 2. The van der Waals surface area contributed by atoms with Gasteiger partial charge in [-0.3, -0.25) is 9.59 Å². The molecular weight excluding hydrogens is 346 g/mol. The zero-order chi connectivity index (χ0) is 18.3. The van der Waals surface area contributed by atoms with Crippen molar-refractivity contribution in [2.75, 3.05) is 0 Å². The summed E-state index contributed by atoms with van der Waals surface area (Å²) in [4.78, 5) is 28.5. The summed E-state index contributed by atoms with van der Waals surface area (Å²) in [6.45, 7) is 1.99. The van der Waals surface area contributed by atoms with Crippen molar-refractivity contribution in [3.05, 3.63) is 63.4 Å². The number of aliphatic hydroxyl groups is 1. The maximum Gasteiger partial charge on any atom is 0.295 e. The van der Waals surface area contributed by atoms with Crippen LogP contribution < -0.4 is 0 Å². The molecule has 2 heterocycles. The lowest BCUT2D eigenvalue weighted by atomic mass is 9.98. The number of thiophene rings is 1. The van der Waals surface area contributed by atoms with Crippen molar-refractivity contribution in [1.82, 2.24) is 4.90 Å². The van der Waals surface area contributed by atoms with Crippen LogP contribution in [-0.2, 0) is 9.59 Å². The van der Waals surface area contributed by atoms with Crippen molar-refractivity contribution in [2.45, 2.75) is 44.7 Å². The van der Waals surface area contributed by atoms with Crippen LogP contribution in [0.2, 0.25) is 0 Å². The van der Waals surface area contributed by atoms with E-state index >= 15 is 0 Å². The molecule has 1 aromatic carbocycles. The monoisotopic (exact) mass is 367 g/mol. The van der Waals surface area contributed by atoms with Gasteiger partial charge in [-0.25, -0.2) is 0 Å². The highest BCUT2D eigenvalue weighted by Gasteiger charge is 2.49. The molecule has 1 unspecified atom stereocenters. The zero-order valence-electron chi connectivity index (χ0n) is 14.6. The maximum absolute atomic E-state index is 12.9. The molecule has 0 radical (unpaired) electrons. The van der Waals surface area contributed by atoms with Gasteiger partial charge in [-0.2, -0.15) is 0 Å². The van der Waals surface area contributed by atoms with E-state index in [2.05, 4.69) is 0 Å². The van der Waals surface area contributed by atoms with Crippen molar-refractivity contribution in [3.8, 4) is 0 Å². The minimum atomic E-state index is -0.573. The van der Waals surface area contributed by atoms with Crippen molar-refractivity contribution < 1.29 is 14.7 Å². The summed E-state index contributed by atoms with van der Waals surface area (Å²) in [5.41, 5.74) is 1.83. The molecule has 1 aromatic heterocycles. The normalized spacial score (nSPS) is 23.1. The first kappa shape index (κ1) is 17.0. The van der Waals surface area contributed by atoms with Crippen molar-refractivity contribution in [1.29, 1.82) is 0 Å². The molecule has 2 fully saturated rings. The van der Waals surface area contributed by atoms with E-state index in [1.165, 1.54) is 11.3 Å². The topological polar surface area (TPSA) is 57.6 Å². The van der Waals surface area contributed by atoms with Gasteiger partial charge in [0.25, 0.3) is 11.7 Å². The number of benzene rings is 1. The van der Waals surface area contributed by atoms with Crippen LogP contribution in [0.5, 0.6) is 0 Å². The average molecular weight is 367 g/mol. The van der Waals surface area contributed by atoms with Crippen LogP contribution in [0.25, 0.3) is 5.76 Å². The molecule has 4 rings (SSSR count). The Morgan fingerprint density at radius 1 is 1.12 bits per heavy atom. The first-order valence-electron chi connectivity index (χ1n) is 8.99. The second-order valence-corrected chi connectivity index (χ2v) is 7.93. The van der Waals surface area contributed by atoms with E-state index in [0.717, 1.165) is 36.1 Å². The number of rotatable bonds is 3. The Bertz CT molecular complexity index is 878. The van der Waals surface area contributed by atoms with Crippen LogP contribution in [-0.4, -0.2) is 27.7 Å². The van der Waals surface area contributed by atoms with Gasteiger partial charge in [-0.1, -0.05) is 43.2 Å². The molecule has 1 aliphatic carbocycles. The Morgan fingerprint density at radius 3 is 2.42 bits per heavy atom. The molecule has 26 heavy (non-hydrogen) atoms. The van der Waals surface area contributed by atoms with Crippen molar-refractivity contribution >= 4 is 28.8 Å². The summed E-state index contributed by atoms with van der Waals surface area (Å²) < 4.78 is 0. The number of Topliss-reactive ketones (excluding diaryl/α,β-unsaturated/α-hetero) is 1. The zero-order valence-corrected chi connectivity index (χ0v) is 15.5. The third-order valence-electron chi connectivity index (χ3n) is 5.40. The maximum atomic E-state index is 12.9. The van der Waals surface area contributed by atoms with Crippen LogP contribution in [0.3, 0.4) is 0 Å². The molecule has 5 heteroatoms. The van der Waals surface area contributed by atoms with Crippen LogP contribution in [0.4, 0.5) is 0 Å². The van der Waals surface area contributed by atoms with E-state index in [1.807, 2.05) is 36.6 Å². The molecule has 0 bridgehead atoms. The Balaban J connectivity index is 1.90. The van der Waals surface area contributed by atoms with Gasteiger partial charge in [0.1, 0.15) is 11.8 Å². The molecule has 1 saturated carbocycles. The lowest BCUT2D eigenvalue weighted by molar-refractivity contribution is -0.141. The number of likely N-dealkylation sites (tertiary alicyclic amines) is 1. The summed E-state index contributed by atoms with van der Waals surface area (Å²) in [6.07, 6.45) is 3.98. The lowest BCUT2D eigenvalue weighted by Gasteiger charge is -2.30. The fraction of sp³-hybridized carbons (Fsp3) is 0.333. The molecule has 2 aliphatic rings. The first-order valence-corrected chi connectivity index (χ1v) is 9.87. The van der Waals surface area contributed by atoms with E-state index in [9.17, 15) is 14.7 Å². The number of aliphatic hydroxyl groups excluding tert-OH is 1. The van der Waals surface area contributed by atoms with Gasteiger partial charge in [0, 0.05) is 16.5 Å². The Morgan fingerprint density at radius 2 is 1.81 bits per heavy atom. The molecule has 1 amide bonds. The van der Waals surface area contributed by atoms with E-state index < -0.39 is 17.7 Å². The smallest absolute Gasteiger partial charge is 0.295 e. The fourth-order valence-electron chi connectivity index (χ4n) is 4.08. The summed E-state index contributed by atoms with van der Waals surface area (Å²) in [5, 5.41) is 12.9. The number of carbonyl (C=O) groups excluding carboxylic acids is 2. The largest absolute Gasteiger partial charge is 0.507 e.